The average molecular weight is 431 g/mol. The number of aromatic nitrogens is 1. The number of anilines is 1. The van der Waals surface area contributed by atoms with Gasteiger partial charge in [-0.15, -0.1) is 11.3 Å². The van der Waals surface area contributed by atoms with Gasteiger partial charge in [0.15, 0.2) is 5.13 Å². The topological polar surface area (TPSA) is 65.5 Å². The molecular formula is C23H34N4O2S. The van der Waals surface area contributed by atoms with Crippen LogP contribution in [0.3, 0.4) is 0 Å². The van der Waals surface area contributed by atoms with Crippen molar-refractivity contribution in [1.82, 2.24) is 14.8 Å². The first kappa shape index (κ1) is 24.0. The molecule has 7 heteroatoms. The molecule has 1 heterocycles. The van der Waals surface area contributed by atoms with E-state index >= 15 is 0 Å². The quantitative estimate of drug-likeness (QED) is 0.548. The fourth-order valence-electron chi connectivity index (χ4n) is 3.18. The van der Waals surface area contributed by atoms with Crippen LogP contribution in [0.25, 0.3) is 0 Å². The molecule has 0 bridgehead atoms. The molecule has 1 aromatic heterocycles. The molecule has 0 aliphatic heterocycles. The predicted molar refractivity (Wildman–Crippen MR) is 124 cm³/mol. The van der Waals surface area contributed by atoms with Gasteiger partial charge in [0.1, 0.15) is 6.54 Å². The lowest BCUT2D eigenvalue weighted by molar-refractivity contribution is -0.116. The van der Waals surface area contributed by atoms with Crippen LogP contribution in [0.5, 0.6) is 0 Å². The Labute approximate surface area is 184 Å². The third-order valence-corrected chi connectivity index (χ3v) is 5.96. The second-order valence-electron chi connectivity index (χ2n) is 7.40. The molecule has 1 aromatic carbocycles. The van der Waals surface area contributed by atoms with Gasteiger partial charge in [-0.1, -0.05) is 39.3 Å². The van der Waals surface area contributed by atoms with Crippen LogP contribution in [-0.2, 0) is 11.2 Å². The molecule has 0 radical (unpaired) electrons. The second-order valence-corrected chi connectivity index (χ2v) is 8.25. The summed E-state index contributed by atoms with van der Waals surface area (Å²) in [6.07, 6.45) is 3.31. The molecule has 0 spiro atoms. The van der Waals surface area contributed by atoms with Crippen molar-refractivity contribution in [1.29, 1.82) is 0 Å². The maximum Gasteiger partial charge on any atom is 0.254 e. The van der Waals surface area contributed by atoms with Crippen molar-refractivity contribution in [2.75, 3.05) is 38.0 Å². The summed E-state index contributed by atoms with van der Waals surface area (Å²) in [5.74, 6) is -0.341. The van der Waals surface area contributed by atoms with Gasteiger partial charge in [-0.25, -0.2) is 4.98 Å². The number of unbranched alkanes of at least 4 members (excludes halogenated alkanes) is 1. The van der Waals surface area contributed by atoms with Crippen LogP contribution in [-0.4, -0.2) is 59.3 Å². The Morgan fingerprint density at radius 2 is 1.77 bits per heavy atom. The number of thiazole rings is 1. The van der Waals surface area contributed by atoms with Crippen LogP contribution >= 0.6 is 11.3 Å². The molecule has 0 aliphatic carbocycles. The van der Waals surface area contributed by atoms with Gasteiger partial charge in [0.05, 0.1) is 5.69 Å². The first-order valence-corrected chi connectivity index (χ1v) is 11.7. The second kappa shape index (κ2) is 12.4. The third kappa shape index (κ3) is 7.54. The van der Waals surface area contributed by atoms with Crippen LogP contribution in [0.1, 0.15) is 55.2 Å². The van der Waals surface area contributed by atoms with E-state index in [2.05, 4.69) is 36.0 Å². The standard InChI is InChI=1S/C23H34N4O2S/c1-5-8-9-19-10-12-20(13-11-19)22(29)27(15-14-26(6-2)7-3)16-21(28)25-23-24-18(4)17-30-23/h10-13,17H,5-9,14-16H2,1-4H3,(H,24,25,28). The van der Waals surface area contributed by atoms with Crippen LogP contribution in [0.4, 0.5) is 5.13 Å². The SMILES string of the molecule is CCCCc1ccc(C(=O)N(CCN(CC)CC)CC(=O)Nc2nc(C)cs2)cc1. The fourth-order valence-corrected chi connectivity index (χ4v) is 3.88. The average Bonchev–Trinajstić information content (AvgIpc) is 3.16. The Morgan fingerprint density at radius 3 is 2.33 bits per heavy atom. The maximum absolute atomic E-state index is 13.2. The predicted octanol–water partition coefficient (Wildman–Crippen LogP) is 4.22. The van der Waals surface area contributed by atoms with E-state index < -0.39 is 0 Å². The number of carbonyl (C=O) groups excluding carboxylic acids is 2. The molecule has 6 nitrogen and oxygen atoms in total. The van der Waals surface area contributed by atoms with E-state index in [0.29, 0.717) is 17.2 Å². The summed E-state index contributed by atoms with van der Waals surface area (Å²) in [4.78, 5) is 33.9. The minimum Gasteiger partial charge on any atom is -0.328 e. The van der Waals surface area contributed by atoms with Gasteiger partial charge in [0.25, 0.3) is 5.91 Å². The van der Waals surface area contributed by atoms with Crippen molar-refractivity contribution >= 4 is 28.3 Å². The highest BCUT2D eigenvalue weighted by Gasteiger charge is 2.20. The van der Waals surface area contributed by atoms with E-state index in [-0.39, 0.29) is 18.4 Å². The van der Waals surface area contributed by atoms with Crippen molar-refractivity contribution in [3.8, 4) is 0 Å². The Balaban J connectivity index is 2.08. The van der Waals surface area contributed by atoms with Crippen LogP contribution in [0, 0.1) is 6.92 Å². The number of hydrogen-bond donors (Lipinski definition) is 1. The lowest BCUT2D eigenvalue weighted by Gasteiger charge is -2.26. The summed E-state index contributed by atoms with van der Waals surface area (Å²) in [6.45, 7) is 11.3. The number of aryl methyl sites for hydroxylation is 2. The number of nitrogens with one attached hydrogen (secondary N) is 1. The summed E-state index contributed by atoms with van der Waals surface area (Å²) in [7, 11) is 0. The molecule has 0 fully saturated rings. The number of hydrogen-bond acceptors (Lipinski definition) is 5. The van der Waals surface area contributed by atoms with E-state index in [9.17, 15) is 9.59 Å². The minimum atomic E-state index is -0.225. The zero-order chi connectivity index (χ0) is 21.9. The fraction of sp³-hybridized carbons (Fsp3) is 0.522. The smallest absolute Gasteiger partial charge is 0.254 e. The number of nitrogens with zero attached hydrogens (tertiary/aromatic N) is 3. The Hall–Kier alpha value is -2.25. The van der Waals surface area contributed by atoms with Crippen molar-refractivity contribution in [3.05, 3.63) is 46.5 Å². The van der Waals surface area contributed by atoms with E-state index in [1.807, 2.05) is 36.6 Å². The molecule has 0 unspecified atom stereocenters. The Bertz CT molecular complexity index is 800. The molecule has 0 atom stereocenters. The van der Waals surface area contributed by atoms with Gasteiger partial charge < -0.3 is 15.1 Å². The van der Waals surface area contributed by atoms with E-state index in [0.717, 1.165) is 44.6 Å². The summed E-state index contributed by atoms with van der Waals surface area (Å²) >= 11 is 1.39. The van der Waals surface area contributed by atoms with Crippen molar-refractivity contribution in [2.45, 2.75) is 47.0 Å². The van der Waals surface area contributed by atoms with Gasteiger partial charge in [-0.2, -0.15) is 0 Å². The normalized spacial score (nSPS) is 11.0. The summed E-state index contributed by atoms with van der Waals surface area (Å²) in [6, 6.07) is 7.79. The van der Waals surface area contributed by atoms with Crippen LogP contribution in [0.2, 0.25) is 0 Å². The molecule has 2 rings (SSSR count). The number of rotatable bonds is 12. The summed E-state index contributed by atoms with van der Waals surface area (Å²) in [5.41, 5.74) is 2.72. The van der Waals surface area contributed by atoms with Crippen LogP contribution in [0.15, 0.2) is 29.6 Å². The lowest BCUT2D eigenvalue weighted by Crippen LogP contribution is -2.42. The van der Waals surface area contributed by atoms with E-state index in [1.165, 1.54) is 16.9 Å². The highest BCUT2D eigenvalue weighted by atomic mass is 32.1. The van der Waals surface area contributed by atoms with Gasteiger partial charge in [0.2, 0.25) is 5.91 Å². The van der Waals surface area contributed by atoms with E-state index in [1.54, 1.807) is 4.90 Å². The van der Waals surface area contributed by atoms with Crippen molar-refractivity contribution in [2.24, 2.45) is 0 Å². The lowest BCUT2D eigenvalue weighted by atomic mass is 10.1. The summed E-state index contributed by atoms with van der Waals surface area (Å²) in [5, 5.41) is 5.26. The molecular weight excluding hydrogens is 396 g/mol. The molecule has 0 saturated heterocycles. The largest absolute Gasteiger partial charge is 0.328 e. The molecule has 1 N–H and O–H groups in total. The monoisotopic (exact) mass is 430 g/mol. The Morgan fingerprint density at radius 1 is 1.07 bits per heavy atom. The highest BCUT2D eigenvalue weighted by molar-refractivity contribution is 7.13. The minimum absolute atomic E-state index is 0.0102. The van der Waals surface area contributed by atoms with Crippen molar-refractivity contribution < 1.29 is 9.59 Å². The Kier molecular flexibility index (Phi) is 9.97. The van der Waals surface area contributed by atoms with Gasteiger partial charge in [-0.3, -0.25) is 9.59 Å². The molecule has 0 saturated carbocycles. The molecule has 2 amide bonds. The summed E-state index contributed by atoms with van der Waals surface area (Å²) < 4.78 is 0. The number of benzene rings is 1. The molecule has 164 valence electrons. The van der Waals surface area contributed by atoms with Crippen LogP contribution < -0.4 is 5.32 Å². The number of amides is 2. The molecule has 0 aliphatic rings. The van der Waals surface area contributed by atoms with Gasteiger partial charge in [-0.05, 0) is 50.6 Å². The third-order valence-electron chi connectivity index (χ3n) is 5.09. The van der Waals surface area contributed by atoms with Gasteiger partial charge >= 0.3 is 0 Å². The molecule has 2 aromatic rings. The number of carbonyl (C=O) groups is 2. The zero-order valence-electron chi connectivity index (χ0n) is 18.6. The first-order chi connectivity index (χ1) is 14.5. The zero-order valence-corrected chi connectivity index (χ0v) is 19.4. The first-order valence-electron chi connectivity index (χ1n) is 10.8. The maximum atomic E-state index is 13.2. The molecule has 30 heavy (non-hydrogen) atoms. The van der Waals surface area contributed by atoms with Gasteiger partial charge in [0, 0.05) is 24.0 Å². The number of likely N-dealkylation sites (N-methyl/N-ethyl adjacent to an activating group) is 1. The van der Waals surface area contributed by atoms with Crippen molar-refractivity contribution in [3.63, 3.8) is 0 Å². The highest BCUT2D eigenvalue weighted by Crippen LogP contribution is 2.15. The van der Waals surface area contributed by atoms with E-state index in [4.69, 9.17) is 0 Å².